The van der Waals surface area contributed by atoms with Gasteiger partial charge in [-0.2, -0.15) is 5.26 Å². The number of ether oxygens (including phenoxy) is 1. The zero-order valence-corrected chi connectivity index (χ0v) is 13.0. The van der Waals surface area contributed by atoms with Gasteiger partial charge in [-0.15, -0.1) is 0 Å². The van der Waals surface area contributed by atoms with Gasteiger partial charge in [-0.1, -0.05) is 6.07 Å². The minimum Gasteiger partial charge on any atom is -0.495 e. The highest BCUT2D eigenvalue weighted by molar-refractivity contribution is 9.10. The first-order valence-electron chi connectivity index (χ1n) is 5.97. The summed E-state index contributed by atoms with van der Waals surface area (Å²) in [7, 11) is 1.56. The molecule has 1 aromatic carbocycles. The highest BCUT2D eigenvalue weighted by Crippen LogP contribution is 2.39. The Hall–Kier alpha value is -2.06. The van der Waals surface area contributed by atoms with E-state index in [1.807, 2.05) is 25.1 Å². The Kier molecular flexibility index (Phi) is 3.96. The molecule has 0 radical (unpaired) electrons. The predicted molar refractivity (Wildman–Crippen MR) is 80.9 cm³/mol. The molecule has 102 valence electrons. The van der Waals surface area contributed by atoms with E-state index in [0.29, 0.717) is 17.0 Å². The van der Waals surface area contributed by atoms with E-state index < -0.39 is 0 Å². The van der Waals surface area contributed by atoms with Crippen LogP contribution in [-0.4, -0.2) is 12.1 Å². The number of benzene rings is 1. The number of nitriles is 1. The first-order chi connectivity index (χ1) is 9.49. The second-order valence-corrected chi connectivity index (χ2v) is 5.31. The van der Waals surface area contributed by atoms with Gasteiger partial charge in [0.05, 0.1) is 11.6 Å². The molecule has 20 heavy (non-hydrogen) atoms. The summed E-state index contributed by atoms with van der Waals surface area (Å²) in [6.45, 7) is 3.70. The van der Waals surface area contributed by atoms with Crippen LogP contribution in [0.4, 0.5) is 0 Å². The topological polar surface area (TPSA) is 65.9 Å². The number of aryl methyl sites for hydroxylation is 2. The number of halogens is 1. The predicted octanol–water partition coefficient (Wildman–Crippen LogP) is 3.30. The van der Waals surface area contributed by atoms with E-state index in [-0.39, 0.29) is 11.1 Å². The van der Waals surface area contributed by atoms with Crippen molar-refractivity contribution in [2.24, 2.45) is 0 Å². The van der Waals surface area contributed by atoms with Crippen LogP contribution in [0.15, 0.2) is 27.5 Å². The summed E-state index contributed by atoms with van der Waals surface area (Å²) in [6, 6.07) is 7.56. The van der Waals surface area contributed by atoms with Crippen molar-refractivity contribution in [3.63, 3.8) is 0 Å². The summed E-state index contributed by atoms with van der Waals surface area (Å²) in [5.74, 6) is 0.617. The number of rotatable bonds is 2. The quantitative estimate of drug-likeness (QED) is 0.917. The molecule has 0 saturated carbocycles. The fourth-order valence-corrected chi connectivity index (χ4v) is 2.68. The van der Waals surface area contributed by atoms with E-state index in [9.17, 15) is 10.1 Å². The molecule has 2 aromatic rings. The van der Waals surface area contributed by atoms with Crippen molar-refractivity contribution in [2.45, 2.75) is 13.8 Å². The Morgan fingerprint density at radius 3 is 2.65 bits per heavy atom. The van der Waals surface area contributed by atoms with E-state index in [2.05, 4.69) is 20.9 Å². The van der Waals surface area contributed by atoms with Crippen LogP contribution in [0.3, 0.4) is 0 Å². The minimum absolute atomic E-state index is 0.0927. The monoisotopic (exact) mass is 332 g/mol. The third kappa shape index (κ3) is 2.35. The van der Waals surface area contributed by atoms with Crippen LogP contribution < -0.4 is 10.3 Å². The normalized spacial score (nSPS) is 10.2. The maximum atomic E-state index is 11.9. The van der Waals surface area contributed by atoms with Crippen LogP contribution in [0.25, 0.3) is 11.1 Å². The molecule has 1 aromatic heterocycles. The van der Waals surface area contributed by atoms with E-state index in [4.69, 9.17) is 4.74 Å². The number of methoxy groups -OCH3 is 1. The number of pyridine rings is 1. The second-order valence-electron chi connectivity index (χ2n) is 4.45. The van der Waals surface area contributed by atoms with Crippen LogP contribution in [0, 0.1) is 25.2 Å². The Labute approximate surface area is 125 Å². The zero-order valence-electron chi connectivity index (χ0n) is 11.4. The van der Waals surface area contributed by atoms with Gasteiger partial charge in [-0.25, -0.2) is 0 Å². The summed E-state index contributed by atoms with van der Waals surface area (Å²) >= 11 is 3.43. The molecule has 0 spiro atoms. The van der Waals surface area contributed by atoms with Crippen molar-refractivity contribution in [2.75, 3.05) is 7.11 Å². The van der Waals surface area contributed by atoms with Crippen molar-refractivity contribution < 1.29 is 4.74 Å². The van der Waals surface area contributed by atoms with Crippen molar-refractivity contribution in [1.82, 2.24) is 4.98 Å². The van der Waals surface area contributed by atoms with Gasteiger partial charge in [0.2, 0.25) is 0 Å². The Morgan fingerprint density at radius 2 is 2.05 bits per heavy atom. The van der Waals surface area contributed by atoms with Crippen molar-refractivity contribution >= 4 is 15.9 Å². The fraction of sp³-hybridized carbons (Fsp3) is 0.200. The summed E-state index contributed by atoms with van der Waals surface area (Å²) in [4.78, 5) is 14.6. The van der Waals surface area contributed by atoms with Gasteiger partial charge in [0.25, 0.3) is 5.56 Å². The number of aromatic amines is 1. The number of hydrogen-bond acceptors (Lipinski definition) is 3. The Balaban J connectivity index is 2.92. The fourth-order valence-electron chi connectivity index (χ4n) is 2.19. The van der Waals surface area contributed by atoms with Crippen LogP contribution in [0.2, 0.25) is 0 Å². The highest BCUT2D eigenvalue weighted by Gasteiger charge is 2.18. The van der Waals surface area contributed by atoms with Gasteiger partial charge >= 0.3 is 0 Å². The lowest BCUT2D eigenvalue weighted by atomic mass is 9.96. The molecule has 0 saturated heterocycles. The Bertz CT molecular complexity index is 773. The lowest BCUT2D eigenvalue weighted by molar-refractivity contribution is 0.413. The molecule has 5 heteroatoms. The zero-order chi connectivity index (χ0) is 14.9. The summed E-state index contributed by atoms with van der Waals surface area (Å²) in [5.41, 5.74) is 2.69. The Morgan fingerprint density at radius 1 is 1.35 bits per heavy atom. The molecular weight excluding hydrogens is 320 g/mol. The molecule has 4 nitrogen and oxygen atoms in total. The minimum atomic E-state index is -0.385. The standard InChI is InChI=1S/C15H13BrN2O2/c1-8-4-5-12(16)14(20-3)13(8)10-6-9(2)18-15(19)11(10)7-17/h4-6H,1-3H3,(H,18,19). The lowest BCUT2D eigenvalue weighted by Crippen LogP contribution is -2.13. The summed E-state index contributed by atoms with van der Waals surface area (Å²) < 4.78 is 6.20. The molecule has 0 aliphatic carbocycles. The molecule has 0 fully saturated rings. The third-order valence-corrected chi connectivity index (χ3v) is 3.70. The van der Waals surface area contributed by atoms with Gasteiger partial charge in [0.15, 0.2) is 0 Å². The molecule has 0 aliphatic rings. The van der Waals surface area contributed by atoms with E-state index in [0.717, 1.165) is 15.6 Å². The smallest absolute Gasteiger partial charge is 0.266 e. The molecule has 2 rings (SSSR count). The average molecular weight is 333 g/mol. The molecular formula is C15H13BrN2O2. The van der Waals surface area contributed by atoms with Gasteiger partial charge in [-0.05, 0) is 47.5 Å². The number of nitrogens with one attached hydrogen (secondary N) is 1. The molecule has 0 aliphatic heterocycles. The van der Waals surface area contributed by atoms with Crippen LogP contribution in [0.1, 0.15) is 16.8 Å². The van der Waals surface area contributed by atoms with Gasteiger partial charge < -0.3 is 9.72 Å². The van der Waals surface area contributed by atoms with E-state index in [1.54, 1.807) is 20.1 Å². The third-order valence-electron chi connectivity index (χ3n) is 3.07. The molecule has 1 N–H and O–H groups in total. The summed E-state index contributed by atoms with van der Waals surface area (Å²) in [5, 5.41) is 9.25. The van der Waals surface area contributed by atoms with Crippen molar-refractivity contribution in [3.05, 3.63) is 49.8 Å². The van der Waals surface area contributed by atoms with Crippen molar-refractivity contribution in [1.29, 1.82) is 5.26 Å². The molecule has 1 heterocycles. The molecule has 0 amide bonds. The second kappa shape index (κ2) is 5.51. The number of hydrogen-bond donors (Lipinski definition) is 1. The molecule has 0 bridgehead atoms. The number of nitrogens with zero attached hydrogens (tertiary/aromatic N) is 1. The maximum Gasteiger partial charge on any atom is 0.266 e. The summed E-state index contributed by atoms with van der Waals surface area (Å²) in [6.07, 6.45) is 0. The van der Waals surface area contributed by atoms with Crippen LogP contribution >= 0.6 is 15.9 Å². The van der Waals surface area contributed by atoms with Crippen molar-refractivity contribution in [3.8, 4) is 22.9 Å². The number of H-pyrrole nitrogens is 1. The maximum absolute atomic E-state index is 11.9. The van der Waals surface area contributed by atoms with Gasteiger partial charge in [0.1, 0.15) is 17.4 Å². The van der Waals surface area contributed by atoms with Gasteiger partial charge in [-0.3, -0.25) is 4.79 Å². The molecule has 0 atom stereocenters. The van der Waals surface area contributed by atoms with Gasteiger partial charge in [0, 0.05) is 16.8 Å². The number of aromatic nitrogens is 1. The molecule has 0 unspecified atom stereocenters. The van der Waals surface area contributed by atoms with E-state index >= 15 is 0 Å². The first kappa shape index (κ1) is 14.4. The SMILES string of the molecule is COc1c(Br)ccc(C)c1-c1cc(C)[nH]c(=O)c1C#N. The van der Waals surface area contributed by atoms with E-state index in [1.165, 1.54) is 0 Å². The first-order valence-corrected chi connectivity index (χ1v) is 6.76. The highest BCUT2D eigenvalue weighted by atomic mass is 79.9. The largest absolute Gasteiger partial charge is 0.495 e. The van der Waals surface area contributed by atoms with Crippen LogP contribution in [-0.2, 0) is 0 Å². The lowest BCUT2D eigenvalue weighted by Gasteiger charge is -2.15. The average Bonchev–Trinajstić information content (AvgIpc) is 2.40. The van der Waals surface area contributed by atoms with Crippen LogP contribution in [0.5, 0.6) is 5.75 Å².